The summed E-state index contributed by atoms with van der Waals surface area (Å²) in [6.07, 6.45) is 0. The second-order valence-corrected chi connectivity index (χ2v) is 4.53. The first kappa shape index (κ1) is 12.5. The number of nitrogens with one attached hydrogen (secondary N) is 1. The Balaban J connectivity index is 2.23. The van der Waals surface area contributed by atoms with E-state index in [9.17, 15) is 4.79 Å². The molecule has 2 aromatic carbocycles. The molecule has 0 bridgehead atoms. The van der Waals surface area contributed by atoms with Gasteiger partial charge in [-0.05, 0) is 24.6 Å². The third-order valence-corrected chi connectivity index (χ3v) is 3.23. The van der Waals surface area contributed by atoms with Gasteiger partial charge in [0.1, 0.15) is 5.75 Å². The summed E-state index contributed by atoms with van der Waals surface area (Å²) in [4.78, 5) is 15.2. The Hall–Kier alpha value is -2.55. The van der Waals surface area contributed by atoms with Crippen LogP contribution in [0.4, 0.5) is 0 Å². The first-order valence-corrected chi connectivity index (χ1v) is 6.64. The fourth-order valence-corrected chi connectivity index (χ4v) is 2.31. The Labute approximate surface area is 116 Å². The van der Waals surface area contributed by atoms with Crippen LogP contribution in [0.2, 0.25) is 0 Å². The number of hydrogen-bond donors (Lipinski definition) is 1. The lowest BCUT2D eigenvalue weighted by Gasteiger charge is -2.08. The standard InChI is InChI=1S/C17H15NO2/c1-2-20-15-10-6-9-13-11-14(17(19)18-16(13)15)12-7-4-3-5-8-12/h3-11H,2H2,1H3,(H,18,19). The maximum Gasteiger partial charge on any atom is 0.256 e. The molecule has 1 aromatic heterocycles. The molecule has 100 valence electrons. The van der Waals surface area contributed by atoms with E-state index < -0.39 is 0 Å². The van der Waals surface area contributed by atoms with Crippen LogP contribution in [-0.2, 0) is 0 Å². The summed E-state index contributed by atoms with van der Waals surface area (Å²) in [5, 5.41) is 0.967. The van der Waals surface area contributed by atoms with E-state index in [2.05, 4.69) is 4.98 Å². The number of H-pyrrole nitrogens is 1. The van der Waals surface area contributed by atoms with Gasteiger partial charge in [0.05, 0.1) is 12.1 Å². The summed E-state index contributed by atoms with van der Waals surface area (Å²) >= 11 is 0. The Morgan fingerprint density at radius 3 is 2.60 bits per heavy atom. The average Bonchev–Trinajstić information content (AvgIpc) is 2.48. The van der Waals surface area contributed by atoms with E-state index in [1.165, 1.54) is 0 Å². The largest absolute Gasteiger partial charge is 0.492 e. The molecule has 1 heterocycles. The molecule has 1 N–H and O–H groups in total. The fourth-order valence-electron chi connectivity index (χ4n) is 2.31. The number of para-hydroxylation sites is 1. The minimum atomic E-state index is -0.101. The molecule has 3 aromatic rings. The quantitative estimate of drug-likeness (QED) is 0.786. The molecule has 0 atom stereocenters. The van der Waals surface area contributed by atoms with Gasteiger partial charge in [-0.3, -0.25) is 4.79 Å². The predicted octanol–water partition coefficient (Wildman–Crippen LogP) is 3.59. The van der Waals surface area contributed by atoms with E-state index in [4.69, 9.17) is 4.74 Å². The molecule has 0 fully saturated rings. The van der Waals surface area contributed by atoms with Gasteiger partial charge < -0.3 is 9.72 Å². The van der Waals surface area contributed by atoms with E-state index in [0.717, 1.165) is 16.5 Å². The van der Waals surface area contributed by atoms with Crippen molar-refractivity contribution in [3.05, 3.63) is 65.0 Å². The second-order valence-electron chi connectivity index (χ2n) is 4.53. The molecule has 0 unspecified atom stereocenters. The Kier molecular flexibility index (Phi) is 3.25. The SMILES string of the molecule is CCOc1cccc2cc(-c3ccccc3)c(=O)[nH]c12. The van der Waals surface area contributed by atoms with Crippen molar-refractivity contribution >= 4 is 10.9 Å². The third kappa shape index (κ3) is 2.18. The maximum absolute atomic E-state index is 12.3. The van der Waals surface area contributed by atoms with Gasteiger partial charge in [0.25, 0.3) is 5.56 Å². The van der Waals surface area contributed by atoms with Crippen LogP contribution in [0, 0.1) is 0 Å². The first-order valence-electron chi connectivity index (χ1n) is 6.64. The molecule has 0 amide bonds. The molecule has 3 nitrogen and oxygen atoms in total. The van der Waals surface area contributed by atoms with Crippen LogP contribution in [0.1, 0.15) is 6.92 Å². The summed E-state index contributed by atoms with van der Waals surface area (Å²) < 4.78 is 5.55. The van der Waals surface area contributed by atoms with Crippen LogP contribution in [-0.4, -0.2) is 11.6 Å². The van der Waals surface area contributed by atoms with E-state index >= 15 is 0 Å². The zero-order valence-electron chi connectivity index (χ0n) is 11.2. The van der Waals surface area contributed by atoms with Crippen molar-refractivity contribution in [1.82, 2.24) is 4.98 Å². The first-order chi connectivity index (χ1) is 9.79. The fraction of sp³-hybridized carbons (Fsp3) is 0.118. The highest BCUT2D eigenvalue weighted by Crippen LogP contribution is 2.25. The van der Waals surface area contributed by atoms with Gasteiger partial charge in [-0.15, -0.1) is 0 Å². The van der Waals surface area contributed by atoms with Crippen molar-refractivity contribution in [2.75, 3.05) is 6.61 Å². The maximum atomic E-state index is 12.3. The van der Waals surface area contributed by atoms with Crippen molar-refractivity contribution in [3.8, 4) is 16.9 Å². The minimum Gasteiger partial charge on any atom is -0.492 e. The van der Waals surface area contributed by atoms with Crippen molar-refractivity contribution in [1.29, 1.82) is 0 Å². The van der Waals surface area contributed by atoms with Crippen molar-refractivity contribution < 1.29 is 4.74 Å². The Morgan fingerprint density at radius 1 is 1.05 bits per heavy atom. The van der Waals surface area contributed by atoms with E-state index in [-0.39, 0.29) is 5.56 Å². The van der Waals surface area contributed by atoms with Gasteiger partial charge in [-0.2, -0.15) is 0 Å². The lowest BCUT2D eigenvalue weighted by Crippen LogP contribution is -2.09. The van der Waals surface area contributed by atoms with Gasteiger partial charge in [-0.25, -0.2) is 0 Å². The number of hydrogen-bond acceptors (Lipinski definition) is 2. The molecule has 0 saturated heterocycles. The lowest BCUT2D eigenvalue weighted by molar-refractivity contribution is 0.343. The van der Waals surface area contributed by atoms with Gasteiger partial charge in [-0.1, -0.05) is 42.5 Å². The minimum absolute atomic E-state index is 0.101. The molecule has 0 aliphatic carbocycles. The van der Waals surface area contributed by atoms with Gasteiger partial charge in [0, 0.05) is 10.9 Å². The van der Waals surface area contributed by atoms with Crippen LogP contribution in [0.5, 0.6) is 5.75 Å². The second kappa shape index (κ2) is 5.21. The van der Waals surface area contributed by atoms with Crippen molar-refractivity contribution in [2.45, 2.75) is 6.92 Å². The molecule has 0 aliphatic heterocycles. The van der Waals surface area contributed by atoms with Crippen molar-refractivity contribution in [2.24, 2.45) is 0 Å². The van der Waals surface area contributed by atoms with E-state index in [1.807, 2.05) is 61.5 Å². The number of ether oxygens (including phenoxy) is 1. The third-order valence-electron chi connectivity index (χ3n) is 3.23. The molecule has 0 saturated carbocycles. The number of fused-ring (bicyclic) bond motifs is 1. The summed E-state index contributed by atoms with van der Waals surface area (Å²) in [5.41, 5.74) is 2.24. The number of benzene rings is 2. The molecule has 3 rings (SSSR count). The normalized spacial score (nSPS) is 10.7. The highest BCUT2D eigenvalue weighted by atomic mass is 16.5. The summed E-state index contributed by atoms with van der Waals surface area (Å²) in [6.45, 7) is 2.50. The molecule has 0 aliphatic rings. The van der Waals surface area contributed by atoms with Gasteiger partial charge >= 0.3 is 0 Å². The number of aromatic nitrogens is 1. The average molecular weight is 265 g/mol. The topological polar surface area (TPSA) is 42.1 Å². The van der Waals surface area contributed by atoms with Crippen molar-refractivity contribution in [3.63, 3.8) is 0 Å². The predicted molar refractivity (Wildman–Crippen MR) is 81.2 cm³/mol. The molecular formula is C17H15NO2. The lowest BCUT2D eigenvalue weighted by atomic mass is 10.1. The smallest absolute Gasteiger partial charge is 0.256 e. The van der Waals surface area contributed by atoms with E-state index in [0.29, 0.717) is 17.9 Å². The summed E-state index contributed by atoms with van der Waals surface area (Å²) in [6, 6.07) is 17.3. The van der Waals surface area contributed by atoms with Gasteiger partial charge in [0.2, 0.25) is 0 Å². The summed E-state index contributed by atoms with van der Waals surface area (Å²) in [7, 11) is 0. The highest BCUT2D eigenvalue weighted by Gasteiger charge is 2.08. The molecular weight excluding hydrogens is 250 g/mol. The number of aromatic amines is 1. The Bertz CT molecular complexity index is 791. The monoisotopic (exact) mass is 265 g/mol. The zero-order valence-corrected chi connectivity index (χ0v) is 11.2. The highest BCUT2D eigenvalue weighted by molar-refractivity contribution is 5.87. The molecule has 3 heteroatoms. The Morgan fingerprint density at radius 2 is 1.85 bits per heavy atom. The molecule has 0 spiro atoms. The van der Waals surface area contributed by atoms with Crippen LogP contribution in [0.15, 0.2) is 59.4 Å². The van der Waals surface area contributed by atoms with Gasteiger partial charge in [0.15, 0.2) is 0 Å². The zero-order chi connectivity index (χ0) is 13.9. The van der Waals surface area contributed by atoms with Crippen LogP contribution in [0.25, 0.3) is 22.0 Å². The number of rotatable bonds is 3. The molecule has 0 radical (unpaired) electrons. The number of pyridine rings is 1. The molecule has 20 heavy (non-hydrogen) atoms. The van der Waals surface area contributed by atoms with Crippen LogP contribution < -0.4 is 10.3 Å². The summed E-state index contributed by atoms with van der Waals surface area (Å²) in [5.74, 6) is 0.710. The van der Waals surface area contributed by atoms with Crippen LogP contribution >= 0.6 is 0 Å². The van der Waals surface area contributed by atoms with E-state index in [1.54, 1.807) is 0 Å². The van der Waals surface area contributed by atoms with Crippen LogP contribution in [0.3, 0.4) is 0 Å².